The molecule has 2 rings (SSSR count). The molecule has 37 heavy (non-hydrogen) atoms. The number of hydrogen-bond donors (Lipinski definition) is 2. The van der Waals surface area contributed by atoms with Gasteiger partial charge >= 0.3 is 11.9 Å². The smallest absolute Gasteiger partial charge is 0.338 e. The van der Waals surface area contributed by atoms with E-state index < -0.39 is 0 Å². The van der Waals surface area contributed by atoms with Crippen LogP contribution in [0.4, 0.5) is 11.4 Å². The molecule has 0 saturated carbocycles. The van der Waals surface area contributed by atoms with E-state index in [1.807, 2.05) is 0 Å². The molecule has 0 unspecified atom stereocenters. The second kappa shape index (κ2) is 18.3. The number of carbonyl (C=O) groups excluding carboxylic acids is 2. The molecule has 0 bridgehead atoms. The molecule has 0 aliphatic heterocycles. The third-order valence-electron chi connectivity index (χ3n) is 6.57. The van der Waals surface area contributed by atoms with Crippen molar-refractivity contribution in [1.82, 2.24) is 0 Å². The number of ether oxygens (including phenoxy) is 2. The first-order valence-electron chi connectivity index (χ1n) is 14.1. The Bertz CT molecular complexity index is 896. The topological polar surface area (TPSA) is 105 Å². The van der Waals surface area contributed by atoms with Crippen molar-refractivity contribution in [3.05, 3.63) is 54.1 Å². The fourth-order valence-corrected chi connectivity index (χ4v) is 4.32. The molecule has 1 atom stereocenters. The van der Waals surface area contributed by atoms with E-state index in [0.29, 0.717) is 29.1 Å². The van der Waals surface area contributed by atoms with Crippen LogP contribution in [0.15, 0.2) is 48.5 Å². The molecule has 0 aromatic heterocycles. The van der Waals surface area contributed by atoms with E-state index in [2.05, 4.69) is 6.92 Å². The van der Waals surface area contributed by atoms with Gasteiger partial charge in [0, 0.05) is 17.8 Å². The molecule has 0 aliphatic rings. The number of hydrogen-bond acceptors (Lipinski definition) is 6. The third-order valence-corrected chi connectivity index (χ3v) is 6.57. The maximum atomic E-state index is 12.6. The summed E-state index contributed by atoms with van der Waals surface area (Å²) in [5, 5.41) is 0. The lowest BCUT2D eigenvalue weighted by Gasteiger charge is -2.18. The highest BCUT2D eigenvalue weighted by Gasteiger charge is 2.16. The number of nitrogens with two attached hydrogens (primary N) is 2. The summed E-state index contributed by atoms with van der Waals surface area (Å²) in [6.07, 6.45) is 15.8. The van der Waals surface area contributed by atoms with E-state index in [-0.39, 0.29) is 18.0 Å². The molecule has 4 N–H and O–H groups in total. The van der Waals surface area contributed by atoms with Crippen molar-refractivity contribution in [1.29, 1.82) is 0 Å². The Kier molecular flexibility index (Phi) is 14.9. The number of rotatable bonds is 19. The van der Waals surface area contributed by atoms with Gasteiger partial charge in [0.05, 0.1) is 5.56 Å². The summed E-state index contributed by atoms with van der Waals surface area (Å²) in [7, 11) is 0. The number of anilines is 2. The van der Waals surface area contributed by atoms with Crippen LogP contribution in [0.3, 0.4) is 0 Å². The highest BCUT2D eigenvalue weighted by Crippen LogP contribution is 2.19. The Morgan fingerprint density at radius 3 is 1.73 bits per heavy atom. The van der Waals surface area contributed by atoms with E-state index in [0.717, 1.165) is 51.4 Å². The second-order valence-corrected chi connectivity index (χ2v) is 9.91. The summed E-state index contributed by atoms with van der Waals surface area (Å²) in [6, 6.07) is 13.8. The zero-order chi connectivity index (χ0) is 26.7. The van der Waals surface area contributed by atoms with Gasteiger partial charge in [0.15, 0.2) is 0 Å². The largest absolute Gasteiger partial charge is 0.459 e. The van der Waals surface area contributed by atoms with Gasteiger partial charge in [-0.15, -0.1) is 0 Å². The number of nitrogen functional groups attached to an aromatic ring is 2. The lowest BCUT2D eigenvalue weighted by atomic mass is 10.0. The van der Waals surface area contributed by atoms with E-state index in [1.54, 1.807) is 48.5 Å². The van der Waals surface area contributed by atoms with Gasteiger partial charge in [0.2, 0.25) is 0 Å². The van der Waals surface area contributed by atoms with E-state index in [1.165, 1.54) is 38.5 Å². The molecule has 2 aromatic carbocycles. The zero-order valence-corrected chi connectivity index (χ0v) is 22.6. The molecule has 0 radical (unpaired) electrons. The molecular formula is C31H46N2O4. The SMILES string of the molecule is CCCCCC[C@H](CCCCCCCCCCC(=O)Oc1ccc(N)cc1)OC(=O)c1ccc(N)cc1. The van der Waals surface area contributed by atoms with Crippen LogP contribution in [0.5, 0.6) is 5.75 Å². The van der Waals surface area contributed by atoms with Crippen LogP contribution in [0, 0.1) is 0 Å². The van der Waals surface area contributed by atoms with Crippen LogP contribution in [-0.4, -0.2) is 18.0 Å². The van der Waals surface area contributed by atoms with Crippen LogP contribution in [0.2, 0.25) is 0 Å². The normalized spacial score (nSPS) is 11.7. The first kappa shape index (κ1) is 30.2. The van der Waals surface area contributed by atoms with Crippen molar-refractivity contribution < 1.29 is 19.1 Å². The van der Waals surface area contributed by atoms with Crippen LogP contribution in [-0.2, 0) is 9.53 Å². The maximum absolute atomic E-state index is 12.6. The van der Waals surface area contributed by atoms with Crippen LogP contribution >= 0.6 is 0 Å². The third kappa shape index (κ3) is 13.7. The van der Waals surface area contributed by atoms with Crippen LogP contribution < -0.4 is 16.2 Å². The first-order chi connectivity index (χ1) is 18.0. The van der Waals surface area contributed by atoms with Gasteiger partial charge < -0.3 is 20.9 Å². The average Bonchev–Trinajstić information content (AvgIpc) is 2.89. The summed E-state index contributed by atoms with van der Waals surface area (Å²) in [6.45, 7) is 2.20. The van der Waals surface area contributed by atoms with Gasteiger partial charge in [-0.25, -0.2) is 4.79 Å². The molecule has 0 fully saturated rings. The Balaban J connectivity index is 1.54. The fourth-order valence-electron chi connectivity index (χ4n) is 4.32. The van der Waals surface area contributed by atoms with Gasteiger partial charge in [0.25, 0.3) is 0 Å². The van der Waals surface area contributed by atoms with Crippen LogP contribution in [0.25, 0.3) is 0 Å². The van der Waals surface area contributed by atoms with Crippen molar-refractivity contribution in [3.63, 3.8) is 0 Å². The lowest BCUT2D eigenvalue weighted by Crippen LogP contribution is -2.18. The molecule has 2 aromatic rings. The van der Waals surface area contributed by atoms with Gasteiger partial charge in [-0.05, 0) is 80.6 Å². The summed E-state index contributed by atoms with van der Waals surface area (Å²) < 4.78 is 11.2. The number of unbranched alkanes of at least 4 members (excludes halogenated alkanes) is 10. The molecule has 204 valence electrons. The molecule has 0 saturated heterocycles. The molecular weight excluding hydrogens is 464 g/mol. The minimum Gasteiger partial charge on any atom is -0.459 e. The lowest BCUT2D eigenvalue weighted by molar-refractivity contribution is -0.134. The molecule has 0 spiro atoms. The van der Waals surface area contributed by atoms with Crippen molar-refractivity contribution in [2.75, 3.05) is 11.5 Å². The average molecular weight is 511 g/mol. The Morgan fingerprint density at radius 1 is 0.676 bits per heavy atom. The highest BCUT2D eigenvalue weighted by atomic mass is 16.5. The molecule has 0 aliphatic carbocycles. The van der Waals surface area contributed by atoms with Gasteiger partial charge in [-0.2, -0.15) is 0 Å². The molecule has 0 heterocycles. The Morgan fingerprint density at radius 2 is 1.16 bits per heavy atom. The molecule has 6 heteroatoms. The minimum absolute atomic E-state index is 0.0186. The number of esters is 2. The van der Waals surface area contributed by atoms with Gasteiger partial charge in [0.1, 0.15) is 11.9 Å². The monoisotopic (exact) mass is 510 g/mol. The predicted molar refractivity (Wildman–Crippen MR) is 151 cm³/mol. The van der Waals surface area contributed by atoms with Gasteiger partial charge in [-0.3, -0.25) is 4.79 Å². The quantitative estimate of drug-likeness (QED) is 0.0862. The predicted octanol–water partition coefficient (Wildman–Crippen LogP) is 7.85. The summed E-state index contributed by atoms with van der Waals surface area (Å²) in [4.78, 5) is 24.5. The van der Waals surface area contributed by atoms with Gasteiger partial charge in [-0.1, -0.05) is 64.7 Å². The molecule has 6 nitrogen and oxygen atoms in total. The first-order valence-corrected chi connectivity index (χ1v) is 14.1. The number of carbonyl (C=O) groups is 2. The van der Waals surface area contributed by atoms with Crippen molar-refractivity contribution >= 4 is 23.3 Å². The minimum atomic E-state index is -0.252. The summed E-state index contributed by atoms with van der Waals surface area (Å²) >= 11 is 0. The fraction of sp³-hybridized carbons (Fsp3) is 0.548. The van der Waals surface area contributed by atoms with Crippen molar-refractivity contribution in [3.8, 4) is 5.75 Å². The number of benzene rings is 2. The zero-order valence-electron chi connectivity index (χ0n) is 22.6. The van der Waals surface area contributed by atoms with E-state index in [9.17, 15) is 9.59 Å². The summed E-state index contributed by atoms with van der Waals surface area (Å²) in [5.41, 5.74) is 13.2. The highest BCUT2D eigenvalue weighted by molar-refractivity contribution is 5.89. The Labute approximate surface area is 223 Å². The van der Waals surface area contributed by atoms with Crippen molar-refractivity contribution in [2.45, 2.75) is 109 Å². The summed E-state index contributed by atoms with van der Waals surface area (Å²) in [5.74, 6) is 0.103. The molecule has 0 amide bonds. The van der Waals surface area contributed by atoms with Crippen LogP contribution in [0.1, 0.15) is 114 Å². The van der Waals surface area contributed by atoms with E-state index >= 15 is 0 Å². The maximum Gasteiger partial charge on any atom is 0.338 e. The standard InChI is InChI=1S/C31H46N2O4/c1-2-3-4-11-14-28(37-31(35)25-17-19-26(32)20-18-25)15-12-9-7-5-6-8-10-13-16-30(34)36-29-23-21-27(33)22-24-29/h17-24,28H,2-16,32-33H2,1H3/t28-/m1/s1. The van der Waals surface area contributed by atoms with E-state index in [4.69, 9.17) is 20.9 Å². The second-order valence-electron chi connectivity index (χ2n) is 9.91. The van der Waals surface area contributed by atoms with Crippen molar-refractivity contribution in [2.24, 2.45) is 0 Å². The Hall–Kier alpha value is -3.02.